The minimum atomic E-state index is 0.330. The number of hydrogen-bond acceptors (Lipinski definition) is 4. The van der Waals surface area contributed by atoms with Crippen LogP contribution in [0.3, 0.4) is 0 Å². The Bertz CT molecular complexity index is 217. The van der Waals surface area contributed by atoms with Crippen LogP contribution in [0.2, 0.25) is 0 Å². The fourth-order valence-electron chi connectivity index (χ4n) is 2.31. The number of nitrogens with two attached hydrogens (primary N) is 1. The van der Waals surface area contributed by atoms with Crippen LogP contribution in [0.4, 0.5) is 0 Å². The maximum atomic E-state index is 8.63. The van der Waals surface area contributed by atoms with Gasteiger partial charge in [-0.3, -0.25) is 4.90 Å². The summed E-state index contributed by atoms with van der Waals surface area (Å²) in [7, 11) is 0. The van der Waals surface area contributed by atoms with E-state index >= 15 is 0 Å². The first kappa shape index (κ1) is 13.6. The minimum Gasteiger partial charge on any atom is -0.409 e. The monoisotopic (exact) mass is 245 g/mol. The second-order valence-electron chi connectivity index (χ2n) is 4.35. The normalized spacial score (nSPS) is 18.5. The first-order valence-electron chi connectivity index (χ1n) is 5.97. The highest BCUT2D eigenvalue weighted by molar-refractivity contribution is 7.98. The van der Waals surface area contributed by atoms with E-state index in [1.807, 2.05) is 11.8 Å². The maximum Gasteiger partial charge on any atom is 0.153 e. The number of amidine groups is 1. The first-order valence-corrected chi connectivity index (χ1v) is 7.36. The predicted octanol–water partition coefficient (Wildman–Crippen LogP) is 1.73. The molecule has 0 aliphatic heterocycles. The van der Waals surface area contributed by atoms with E-state index in [0.29, 0.717) is 18.4 Å². The zero-order valence-corrected chi connectivity index (χ0v) is 10.9. The maximum absolute atomic E-state index is 8.63. The van der Waals surface area contributed by atoms with Gasteiger partial charge in [0.05, 0.1) is 6.54 Å². The molecule has 1 saturated carbocycles. The number of hydrogen-bond donors (Lipinski definition) is 2. The SMILES string of the molecule is CSCCCN(CC(N)=NO)C1CCCC1. The van der Waals surface area contributed by atoms with Gasteiger partial charge in [0.1, 0.15) is 0 Å². The van der Waals surface area contributed by atoms with Crippen molar-refractivity contribution >= 4 is 17.6 Å². The molecule has 1 aliphatic carbocycles. The summed E-state index contributed by atoms with van der Waals surface area (Å²) < 4.78 is 0. The molecule has 0 aromatic carbocycles. The summed E-state index contributed by atoms with van der Waals surface area (Å²) >= 11 is 1.87. The van der Waals surface area contributed by atoms with Gasteiger partial charge in [0.15, 0.2) is 5.84 Å². The van der Waals surface area contributed by atoms with Crippen LogP contribution in [0, 0.1) is 0 Å². The zero-order valence-electron chi connectivity index (χ0n) is 10.1. The lowest BCUT2D eigenvalue weighted by Crippen LogP contribution is -2.40. The van der Waals surface area contributed by atoms with Gasteiger partial charge >= 0.3 is 0 Å². The third kappa shape index (κ3) is 4.61. The van der Waals surface area contributed by atoms with E-state index < -0.39 is 0 Å². The standard InChI is InChI=1S/C11H23N3OS/c1-16-8-4-7-14(9-11(12)13-15)10-5-2-3-6-10/h10,15H,2-9H2,1H3,(H2,12,13). The molecule has 0 aromatic rings. The second-order valence-corrected chi connectivity index (χ2v) is 5.33. The average molecular weight is 245 g/mol. The highest BCUT2D eigenvalue weighted by Crippen LogP contribution is 2.23. The average Bonchev–Trinajstić information content (AvgIpc) is 2.81. The molecule has 0 bridgehead atoms. The Morgan fingerprint density at radius 3 is 2.75 bits per heavy atom. The highest BCUT2D eigenvalue weighted by Gasteiger charge is 2.22. The third-order valence-electron chi connectivity index (χ3n) is 3.13. The van der Waals surface area contributed by atoms with Crippen LogP contribution < -0.4 is 5.73 Å². The van der Waals surface area contributed by atoms with Crippen LogP contribution in [-0.2, 0) is 0 Å². The van der Waals surface area contributed by atoms with Gasteiger partial charge in [-0.05, 0) is 37.8 Å². The Balaban J connectivity index is 2.40. The molecular formula is C11H23N3OS. The molecule has 0 unspecified atom stereocenters. The van der Waals surface area contributed by atoms with Crippen molar-refractivity contribution in [1.29, 1.82) is 0 Å². The Morgan fingerprint density at radius 2 is 2.19 bits per heavy atom. The summed E-state index contributed by atoms with van der Waals surface area (Å²) in [5.74, 6) is 1.51. The van der Waals surface area contributed by atoms with Gasteiger partial charge in [0, 0.05) is 6.04 Å². The number of oxime groups is 1. The molecular weight excluding hydrogens is 222 g/mol. The van der Waals surface area contributed by atoms with Gasteiger partial charge < -0.3 is 10.9 Å². The quantitative estimate of drug-likeness (QED) is 0.236. The Labute approximate surface area is 102 Å². The Kier molecular flexibility index (Phi) is 6.64. The summed E-state index contributed by atoms with van der Waals surface area (Å²) in [6, 6.07) is 0.641. The first-order chi connectivity index (χ1) is 7.77. The number of thioether (sulfide) groups is 1. The molecule has 5 heteroatoms. The second kappa shape index (κ2) is 7.79. The van der Waals surface area contributed by atoms with Gasteiger partial charge in [-0.1, -0.05) is 18.0 Å². The van der Waals surface area contributed by atoms with E-state index in [1.54, 1.807) is 0 Å². The molecule has 1 fully saturated rings. The Hall–Kier alpha value is -0.420. The molecule has 1 aliphatic rings. The van der Waals surface area contributed by atoms with Crippen molar-refractivity contribution in [2.45, 2.75) is 38.1 Å². The van der Waals surface area contributed by atoms with Crippen molar-refractivity contribution in [2.24, 2.45) is 10.9 Å². The lowest BCUT2D eigenvalue weighted by molar-refractivity contribution is 0.223. The summed E-state index contributed by atoms with van der Waals surface area (Å²) in [6.07, 6.45) is 8.47. The molecule has 0 amide bonds. The van der Waals surface area contributed by atoms with Crippen molar-refractivity contribution < 1.29 is 5.21 Å². The topological polar surface area (TPSA) is 61.8 Å². The fraction of sp³-hybridized carbons (Fsp3) is 0.909. The van der Waals surface area contributed by atoms with Crippen LogP contribution in [0.25, 0.3) is 0 Å². The van der Waals surface area contributed by atoms with Crippen LogP contribution in [0.5, 0.6) is 0 Å². The molecule has 16 heavy (non-hydrogen) atoms. The van der Waals surface area contributed by atoms with Crippen molar-refractivity contribution in [3.8, 4) is 0 Å². The van der Waals surface area contributed by atoms with E-state index in [2.05, 4.69) is 16.3 Å². The molecule has 0 heterocycles. The smallest absolute Gasteiger partial charge is 0.153 e. The zero-order chi connectivity index (χ0) is 11.8. The van der Waals surface area contributed by atoms with Crippen molar-refractivity contribution in [3.63, 3.8) is 0 Å². The summed E-state index contributed by atoms with van der Waals surface area (Å²) in [4.78, 5) is 2.37. The number of rotatable bonds is 7. The van der Waals surface area contributed by atoms with Crippen molar-refractivity contribution in [2.75, 3.05) is 25.1 Å². The van der Waals surface area contributed by atoms with Gasteiger partial charge in [-0.15, -0.1) is 0 Å². The van der Waals surface area contributed by atoms with Crippen LogP contribution in [0.15, 0.2) is 5.16 Å². The lowest BCUT2D eigenvalue weighted by atomic mass is 10.2. The van der Waals surface area contributed by atoms with E-state index in [1.165, 1.54) is 37.9 Å². The van der Waals surface area contributed by atoms with Crippen molar-refractivity contribution in [3.05, 3.63) is 0 Å². The highest BCUT2D eigenvalue weighted by atomic mass is 32.2. The van der Waals surface area contributed by atoms with E-state index in [9.17, 15) is 0 Å². The van der Waals surface area contributed by atoms with Gasteiger partial charge in [0.2, 0.25) is 0 Å². The molecule has 0 spiro atoms. The summed E-state index contributed by atoms with van der Waals surface area (Å²) in [6.45, 7) is 1.66. The summed E-state index contributed by atoms with van der Waals surface area (Å²) in [5.41, 5.74) is 5.60. The summed E-state index contributed by atoms with van der Waals surface area (Å²) in [5, 5.41) is 11.7. The molecule has 0 aromatic heterocycles. The molecule has 1 rings (SSSR count). The van der Waals surface area contributed by atoms with E-state index in [0.717, 1.165) is 6.54 Å². The Morgan fingerprint density at radius 1 is 1.50 bits per heavy atom. The van der Waals surface area contributed by atoms with E-state index in [4.69, 9.17) is 10.9 Å². The van der Waals surface area contributed by atoms with Crippen LogP contribution >= 0.6 is 11.8 Å². The van der Waals surface area contributed by atoms with Gasteiger partial charge in [-0.25, -0.2) is 0 Å². The minimum absolute atomic E-state index is 0.330. The molecule has 0 atom stereocenters. The van der Waals surface area contributed by atoms with Crippen LogP contribution in [0.1, 0.15) is 32.1 Å². The molecule has 4 nitrogen and oxygen atoms in total. The number of nitrogens with zero attached hydrogens (tertiary/aromatic N) is 2. The predicted molar refractivity (Wildman–Crippen MR) is 70.2 cm³/mol. The van der Waals surface area contributed by atoms with Crippen LogP contribution in [-0.4, -0.2) is 47.1 Å². The van der Waals surface area contributed by atoms with Crippen molar-refractivity contribution in [1.82, 2.24) is 4.90 Å². The van der Waals surface area contributed by atoms with E-state index in [-0.39, 0.29) is 0 Å². The molecule has 94 valence electrons. The fourth-order valence-corrected chi connectivity index (χ4v) is 2.73. The molecule has 0 radical (unpaired) electrons. The molecule has 3 N–H and O–H groups in total. The lowest BCUT2D eigenvalue weighted by Gasteiger charge is -2.28. The molecule has 0 saturated heterocycles. The third-order valence-corrected chi connectivity index (χ3v) is 3.83. The van der Waals surface area contributed by atoms with Gasteiger partial charge in [-0.2, -0.15) is 11.8 Å². The van der Waals surface area contributed by atoms with Gasteiger partial charge in [0.25, 0.3) is 0 Å². The largest absolute Gasteiger partial charge is 0.409 e.